The van der Waals surface area contributed by atoms with Crippen molar-refractivity contribution in [2.24, 2.45) is 0 Å². The molecule has 0 aliphatic carbocycles. The Kier molecular flexibility index (Phi) is 4.31. The van der Waals surface area contributed by atoms with Crippen LogP contribution in [-0.2, 0) is 21.3 Å². The Hall–Kier alpha value is -2.57. The third-order valence-electron chi connectivity index (χ3n) is 3.14. The monoisotopic (exact) mass is 370 g/mol. The molecule has 132 valence electrons. The molecule has 2 rings (SSSR count). The van der Waals surface area contributed by atoms with Crippen molar-refractivity contribution < 1.29 is 45.6 Å². The first-order valence-electron chi connectivity index (χ1n) is 6.17. The van der Waals surface area contributed by atoms with Gasteiger partial charge in [-0.25, -0.2) is 14.6 Å². The van der Waals surface area contributed by atoms with E-state index >= 15 is 0 Å². The topological polar surface area (TPSA) is 134 Å². The smallest absolute Gasteiger partial charge is 0.479 e. The number of rotatable bonds is 3. The zero-order valence-electron chi connectivity index (χ0n) is 11.5. The van der Waals surface area contributed by atoms with E-state index in [4.69, 9.17) is 10.2 Å². The van der Waals surface area contributed by atoms with E-state index in [0.717, 1.165) is 12.1 Å². The van der Waals surface area contributed by atoms with Crippen molar-refractivity contribution >= 4 is 22.2 Å². The summed E-state index contributed by atoms with van der Waals surface area (Å²) in [4.78, 5) is 26.5. The number of halogens is 3. The van der Waals surface area contributed by atoms with E-state index in [1.807, 2.05) is 0 Å². The highest BCUT2D eigenvalue weighted by atomic mass is 32.2. The molecule has 1 unspecified atom stereocenters. The van der Waals surface area contributed by atoms with Crippen LogP contribution < -0.4 is 4.18 Å². The predicted octanol–water partition coefficient (Wildman–Crippen LogP) is 0.972. The van der Waals surface area contributed by atoms with Crippen molar-refractivity contribution in [1.29, 1.82) is 0 Å². The van der Waals surface area contributed by atoms with Crippen LogP contribution >= 0.6 is 0 Å². The molecule has 1 aromatic rings. The van der Waals surface area contributed by atoms with E-state index in [1.165, 1.54) is 0 Å². The standard InChI is InChI=1S/C11H9F3N2O7S/c12-11(13,14)24(21,22)23-7-2-1-5-6(15-7)3-4-16(10(19)20)8(5)9(17)18/h1-2,8H,3-4H2,(H,17,18)(H,19,20). The largest absolute Gasteiger partial charge is 0.534 e. The van der Waals surface area contributed by atoms with Crippen molar-refractivity contribution in [3.05, 3.63) is 23.4 Å². The number of alkyl halides is 3. The molecule has 13 heteroatoms. The highest BCUT2D eigenvalue weighted by Gasteiger charge is 2.49. The number of carbonyl (C=O) groups is 2. The summed E-state index contributed by atoms with van der Waals surface area (Å²) in [5.41, 5.74) is -5.78. The number of aromatic nitrogens is 1. The van der Waals surface area contributed by atoms with Crippen molar-refractivity contribution in [1.82, 2.24) is 9.88 Å². The minimum Gasteiger partial charge on any atom is -0.479 e. The highest BCUT2D eigenvalue weighted by Crippen LogP contribution is 2.32. The van der Waals surface area contributed by atoms with E-state index in [9.17, 15) is 31.2 Å². The second-order valence-electron chi connectivity index (χ2n) is 4.64. The molecule has 0 bridgehead atoms. The zero-order chi connectivity index (χ0) is 18.3. The average molecular weight is 370 g/mol. The lowest BCUT2D eigenvalue weighted by Gasteiger charge is -2.31. The van der Waals surface area contributed by atoms with E-state index in [1.54, 1.807) is 0 Å². The fourth-order valence-corrected chi connectivity index (χ4v) is 2.56. The second-order valence-corrected chi connectivity index (χ2v) is 6.17. The SMILES string of the molecule is O=C(O)C1c2ccc(OS(=O)(=O)C(F)(F)F)nc2CCN1C(=O)O. The molecular weight excluding hydrogens is 361 g/mol. The van der Waals surface area contributed by atoms with E-state index in [0.29, 0.717) is 4.90 Å². The molecule has 2 heterocycles. The predicted molar refractivity (Wildman–Crippen MR) is 68.7 cm³/mol. The summed E-state index contributed by atoms with van der Waals surface area (Å²) in [6.07, 6.45) is -1.61. The number of amides is 1. The maximum atomic E-state index is 12.3. The average Bonchev–Trinajstić information content (AvgIpc) is 2.43. The van der Waals surface area contributed by atoms with Crippen LogP contribution in [0.15, 0.2) is 12.1 Å². The van der Waals surface area contributed by atoms with Crippen molar-refractivity contribution in [2.75, 3.05) is 6.54 Å². The third kappa shape index (κ3) is 3.20. The fourth-order valence-electron chi connectivity index (χ4n) is 2.14. The van der Waals surface area contributed by atoms with E-state index < -0.39 is 39.6 Å². The summed E-state index contributed by atoms with van der Waals surface area (Å²) in [5.74, 6) is -2.39. The quantitative estimate of drug-likeness (QED) is 0.594. The molecule has 2 N–H and O–H groups in total. The van der Waals surface area contributed by atoms with Gasteiger partial charge in [0.2, 0.25) is 5.88 Å². The summed E-state index contributed by atoms with van der Waals surface area (Å²) < 4.78 is 62.6. The third-order valence-corrected chi connectivity index (χ3v) is 4.09. The normalized spacial score (nSPS) is 18.0. The van der Waals surface area contributed by atoms with E-state index in [-0.39, 0.29) is 24.2 Å². The van der Waals surface area contributed by atoms with Gasteiger partial charge in [0.05, 0.1) is 5.69 Å². The highest BCUT2D eigenvalue weighted by molar-refractivity contribution is 7.87. The summed E-state index contributed by atoms with van der Waals surface area (Å²) in [5, 5.41) is 18.2. The molecule has 1 aromatic heterocycles. The van der Waals surface area contributed by atoms with Crippen LogP contribution in [0.25, 0.3) is 0 Å². The Balaban J connectivity index is 2.40. The summed E-state index contributed by atoms with van der Waals surface area (Å²) >= 11 is 0. The lowest BCUT2D eigenvalue weighted by atomic mass is 9.97. The lowest BCUT2D eigenvalue weighted by Crippen LogP contribution is -2.43. The number of carboxylic acid groups (broad SMARTS) is 2. The number of pyridine rings is 1. The molecule has 0 radical (unpaired) electrons. The number of aliphatic carboxylic acids is 1. The Morgan fingerprint density at radius 1 is 1.29 bits per heavy atom. The minimum atomic E-state index is -5.91. The number of fused-ring (bicyclic) bond motifs is 1. The van der Waals surface area contributed by atoms with Gasteiger partial charge in [0, 0.05) is 24.6 Å². The van der Waals surface area contributed by atoms with Crippen molar-refractivity contribution in [2.45, 2.75) is 18.0 Å². The molecule has 9 nitrogen and oxygen atoms in total. The van der Waals surface area contributed by atoms with Crippen LogP contribution in [-0.4, -0.2) is 52.6 Å². The maximum absolute atomic E-state index is 12.3. The van der Waals surface area contributed by atoms with Gasteiger partial charge in [-0.05, 0) is 6.07 Å². The van der Waals surface area contributed by atoms with Gasteiger partial charge >= 0.3 is 27.7 Å². The molecule has 0 fully saturated rings. The van der Waals surface area contributed by atoms with Crippen LogP contribution in [0, 0.1) is 0 Å². The van der Waals surface area contributed by atoms with Crippen LogP contribution in [0.2, 0.25) is 0 Å². The molecule has 0 saturated heterocycles. The Morgan fingerprint density at radius 2 is 1.92 bits per heavy atom. The minimum absolute atomic E-state index is 0.0604. The first-order chi connectivity index (χ1) is 10.9. The first kappa shape index (κ1) is 17.8. The van der Waals surface area contributed by atoms with Crippen LogP contribution in [0.1, 0.15) is 17.3 Å². The maximum Gasteiger partial charge on any atom is 0.534 e. The zero-order valence-corrected chi connectivity index (χ0v) is 12.3. The second kappa shape index (κ2) is 5.81. The molecule has 0 aromatic carbocycles. The van der Waals surface area contributed by atoms with Gasteiger partial charge in [-0.3, -0.25) is 4.90 Å². The molecular formula is C11H9F3N2O7S. The molecule has 1 aliphatic heterocycles. The van der Waals surface area contributed by atoms with Gasteiger partial charge in [0.15, 0.2) is 6.04 Å². The van der Waals surface area contributed by atoms with Gasteiger partial charge in [-0.1, -0.05) is 0 Å². The van der Waals surface area contributed by atoms with Crippen molar-refractivity contribution in [3.8, 4) is 5.88 Å². The number of nitrogens with zero attached hydrogens (tertiary/aromatic N) is 2. The van der Waals surface area contributed by atoms with Gasteiger partial charge in [-0.2, -0.15) is 21.6 Å². The summed E-state index contributed by atoms with van der Waals surface area (Å²) in [7, 11) is -5.91. The van der Waals surface area contributed by atoms with Gasteiger partial charge < -0.3 is 14.4 Å². The summed E-state index contributed by atoms with van der Waals surface area (Å²) in [6, 6.07) is 0.0907. The lowest BCUT2D eigenvalue weighted by molar-refractivity contribution is -0.143. The van der Waals surface area contributed by atoms with Gasteiger partial charge in [-0.15, -0.1) is 0 Å². The molecule has 24 heavy (non-hydrogen) atoms. The Morgan fingerprint density at radius 3 is 2.42 bits per heavy atom. The van der Waals surface area contributed by atoms with Crippen LogP contribution in [0.5, 0.6) is 5.88 Å². The molecule has 0 spiro atoms. The van der Waals surface area contributed by atoms with Crippen molar-refractivity contribution in [3.63, 3.8) is 0 Å². The number of hydrogen-bond donors (Lipinski definition) is 2. The van der Waals surface area contributed by atoms with Gasteiger partial charge in [0.1, 0.15) is 0 Å². The van der Waals surface area contributed by atoms with Crippen LogP contribution in [0.4, 0.5) is 18.0 Å². The number of carboxylic acids is 1. The van der Waals surface area contributed by atoms with E-state index in [2.05, 4.69) is 9.17 Å². The molecule has 0 saturated carbocycles. The number of hydrogen-bond acceptors (Lipinski definition) is 6. The Bertz CT molecular complexity index is 793. The molecule has 1 amide bonds. The molecule has 1 aliphatic rings. The Labute approximate surface area is 132 Å². The summed E-state index contributed by atoms with van der Waals surface area (Å²) in [6.45, 7) is -0.276. The fraction of sp³-hybridized carbons (Fsp3) is 0.364. The van der Waals surface area contributed by atoms with Gasteiger partial charge in [0.25, 0.3) is 0 Å². The molecule has 1 atom stereocenters. The van der Waals surface area contributed by atoms with Crippen LogP contribution in [0.3, 0.4) is 0 Å². The first-order valence-corrected chi connectivity index (χ1v) is 7.58.